The van der Waals surface area contributed by atoms with E-state index < -0.39 is 6.03 Å². The number of aromatic hydroxyl groups is 1. The Balaban J connectivity index is 1.95. The van der Waals surface area contributed by atoms with Crippen LogP contribution >= 0.6 is 47.1 Å². The van der Waals surface area contributed by atoms with Crippen LogP contribution in [0.2, 0.25) is 0 Å². The first-order valence-electron chi connectivity index (χ1n) is 5.38. The van der Waals surface area contributed by atoms with Crippen molar-refractivity contribution in [3.8, 4) is 5.88 Å². The molecule has 2 heterocycles. The number of rotatable bonds is 1. The fourth-order valence-electron chi connectivity index (χ4n) is 1.69. The van der Waals surface area contributed by atoms with E-state index in [0.717, 1.165) is 26.1 Å². The Bertz CT molecular complexity index is 918. The number of aromatic nitrogens is 2. The predicted octanol–water partition coefficient (Wildman–Crippen LogP) is 4.34. The number of anilines is 1. The van der Waals surface area contributed by atoms with E-state index in [1.807, 2.05) is 12.1 Å². The van der Waals surface area contributed by atoms with Crippen molar-refractivity contribution in [1.29, 1.82) is 0 Å². The summed E-state index contributed by atoms with van der Waals surface area (Å²) in [5.41, 5.74) is 1.54. The van der Waals surface area contributed by atoms with Gasteiger partial charge in [-0.2, -0.15) is 0 Å². The van der Waals surface area contributed by atoms with Crippen LogP contribution < -0.4 is 5.32 Å². The number of carbonyl (C=O) groups excluding carboxylic acids is 1. The maximum absolute atomic E-state index is 12.1. The monoisotopic (exact) mass is 341 g/mol. The Morgan fingerprint density at radius 3 is 2.90 bits per heavy atom. The van der Waals surface area contributed by atoms with Crippen molar-refractivity contribution in [2.45, 2.75) is 0 Å². The van der Waals surface area contributed by atoms with Crippen LogP contribution in [-0.2, 0) is 0 Å². The molecule has 0 aliphatic heterocycles. The first-order chi connectivity index (χ1) is 9.54. The molecular weight excluding hydrogens is 334 g/mol. The van der Waals surface area contributed by atoms with E-state index in [-0.39, 0.29) is 5.88 Å². The molecule has 3 N–H and O–H groups in total. The number of hydrogen-bond acceptors (Lipinski definition) is 6. The second-order valence-electron chi connectivity index (χ2n) is 3.85. The first kappa shape index (κ1) is 13.4. The van der Waals surface area contributed by atoms with Crippen LogP contribution in [0.15, 0.2) is 23.6 Å². The standard InChI is InChI=1S/C11H7N3O2S4/c15-8-4-19-11(18)14(8)9(16)12-5-1-2-6-7(3-5)20-10(17)13-6/h1-4,15H,(H,12,16)(H,13,17). The van der Waals surface area contributed by atoms with E-state index in [1.54, 1.807) is 6.07 Å². The molecule has 0 fully saturated rings. The van der Waals surface area contributed by atoms with Gasteiger partial charge in [0.2, 0.25) is 5.88 Å². The Morgan fingerprint density at radius 2 is 2.20 bits per heavy atom. The number of benzene rings is 1. The normalized spacial score (nSPS) is 10.8. The summed E-state index contributed by atoms with van der Waals surface area (Å²) in [4.78, 5) is 15.1. The number of nitrogens with one attached hydrogen (secondary N) is 2. The molecule has 0 aliphatic rings. The zero-order valence-corrected chi connectivity index (χ0v) is 13.0. The third-order valence-corrected chi connectivity index (χ3v) is 4.93. The third-order valence-electron chi connectivity index (χ3n) is 2.55. The van der Waals surface area contributed by atoms with Gasteiger partial charge in [-0.15, -0.1) is 22.7 Å². The number of aromatic amines is 1. The van der Waals surface area contributed by atoms with Crippen molar-refractivity contribution < 1.29 is 9.90 Å². The average Bonchev–Trinajstić information content (AvgIpc) is 2.91. The van der Waals surface area contributed by atoms with Crippen molar-refractivity contribution in [3.05, 3.63) is 31.5 Å². The molecule has 1 aromatic carbocycles. The van der Waals surface area contributed by atoms with E-state index in [1.165, 1.54) is 16.7 Å². The number of amides is 1. The van der Waals surface area contributed by atoms with E-state index >= 15 is 0 Å². The van der Waals surface area contributed by atoms with Gasteiger partial charge in [-0.3, -0.25) is 0 Å². The second-order valence-corrected chi connectivity index (χ2v) is 7.07. The molecule has 0 saturated heterocycles. The van der Waals surface area contributed by atoms with Gasteiger partial charge in [0.15, 0.2) is 7.91 Å². The van der Waals surface area contributed by atoms with Crippen molar-refractivity contribution >= 4 is 69.0 Å². The Hall–Kier alpha value is -1.55. The minimum absolute atomic E-state index is 0.170. The van der Waals surface area contributed by atoms with Crippen molar-refractivity contribution in [2.75, 3.05) is 5.32 Å². The van der Waals surface area contributed by atoms with Crippen LogP contribution in [-0.4, -0.2) is 20.7 Å². The summed E-state index contributed by atoms with van der Waals surface area (Å²) < 4.78 is 2.97. The molecular formula is C11H7N3O2S4. The summed E-state index contributed by atoms with van der Waals surface area (Å²) in [5, 5.41) is 13.7. The largest absolute Gasteiger partial charge is 0.493 e. The van der Waals surface area contributed by atoms with Gasteiger partial charge >= 0.3 is 6.03 Å². The average molecular weight is 341 g/mol. The molecule has 5 nitrogen and oxygen atoms in total. The van der Waals surface area contributed by atoms with Crippen molar-refractivity contribution in [2.24, 2.45) is 0 Å². The molecule has 3 aromatic rings. The maximum atomic E-state index is 12.1. The molecule has 0 unspecified atom stereocenters. The zero-order chi connectivity index (χ0) is 14.3. The summed E-state index contributed by atoms with van der Waals surface area (Å²) in [6.45, 7) is 0. The summed E-state index contributed by atoms with van der Waals surface area (Å²) in [5.74, 6) is -0.170. The van der Waals surface area contributed by atoms with Gasteiger partial charge in [0.1, 0.15) is 0 Å². The van der Waals surface area contributed by atoms with Gasteiger partial charge in [-0.1, -0.05) is 0 Å². The Morgan fingerprint density at radius 1 is 1.40 bits per heavy atom. The lowest BCUT2D eigenvalue weighted by Gasteiger charge is -2.06. The minimum Gasteiger partial charge on any atom is -0.493 e. The fourth-order valence-corrected chi connectivity index (χ4v) is 3.76. The lowest BCUT2D eigenvalue weighted by Crippen LogP contribution is -2.18. The van der Waals surface area contributed by atoms with Crippen molar-refractivity contribution in [3.63, 3.8) is 0 Å². The predicted molar refractivity (Wildman–Crippen MR) is 86.2 cm³/mol. The van der Waals surface area contributed by atoms with Gasteiger partial charge in [0.05, 0.1) is 15.6 Å². The molecule has 20 heavy (non-hydrogen) atoms. The minimum atomic E-state index is -0.493. The number of carbonyl (C=O) groups is 1. The summed E-state index contributed by atoms with van der Waals surface area (Å²) in [7, 11) is 0. The number of thiazole rings is 2. The molecule has 0 spiro atoms. The molecule has 0 atom stereocenters. The molecule has 3 rings (SSSR count). The lowest BCUT2D eigenvalue weighted by atomic mass is 10.3. The van der Waals surface area contributed by atoms with E-state index in [9.17, 15) is 9.90 Å². The van der Waals surface area contributed by atoms with Gasteiger partial charge in [0.25, 0.3) is 0 Å². The molecule has 0 aliphatic carbocycles. The van der Waals surface area contributed by atoms with Gasteiger partial charge < -0.3 is 15.4 Å². The molecule has 2 aromatic heterocycles. The topological polar surface area (TPSA) is 70.0 Å². The van der Waals surface area contributed by atoms with Gasteiger partial charge in [-0.25, -0.2) is 9.36 Å². The summed E-state index contributed by atoms with van der Waals surface area (Å²) in [6.07, 6.45) is 0. The second kappa shape index (κ2) is 5.09. The van der Waals surface area contributed by atoms with E-state index in [0.29, 0.717) is 13.6 Å². The molecule has 0 bridgehead atoms. The lowest BCUT2D eigenvalue weighted by molar-refractivity contribution is 0.250. The smallest absolute Gasteiger partial charge is 0.334 e. The molecule has 1 amide bonds. The fraction of sp³-hybridized carbons (Fsp3) is 0. The molecule has 0 saturated carbocycles. The molecule has 9 heteroatoms. The first-order valence-corrected chi connectivity index (χ1v) is 7.89. The highest BCUT2D eigenvalue weighted by molar-refractivity contribution is 7.73. The van der Waals surface area contributed by atoms with Gasteiger partial charge in [-0.05, 0) is 42.6 Å². The number of hydrogen-bond donors (Lipinski definition) is 3. The van der Waals surface area contributed by atoms with E-state index in [4.69, 9.17) is 24.4 Å². The Kier molecular flexibility index (Phi) is 3.42. The van der Waals surface area contributed by atoms with Crippen LogP contribution in [0.5, 0.6) is 5.88 Å². The number of nitrogens with zero attached hydrogens (tertiary/aromatic N) is 1. The highest BCUT2D eigenvalue weighted by Gasteiger charge is 2.12. The van der Waals surface area contributed by atoms with Crippen LogP contribution in [0.1, 0.15) is 0 Å². The molecule has 0 radical (unpaired) electrons. The third kappa shape index (κ3) is 2.40. The summed E-state index contributed by atoms with van der Waals surface area (Å²) >= 11 is 12.6. The highest BCUT2D eigenvalue weighted by Crippen LogP contribution is 2.24. The van der Waals surface area contributed by atoms with Crippen LogP contribution in [0.3, 0.4) is 0 Å². The maximum Gasteiger partial charge on any atom is 0.334 e. The number of H-pyrrole nitrogens is 1. The highest BCUT2D eigenvalue weighted by atomic mass is 32.2. The van der Waals surface area contributed by atoms with Crippen LogP contribution in [0.4, 0.5) is 10.5 Å². The van der Waals surface area contributed by atoms with Gasteiger partial charge in [0, 0.05) is 5.69 Å². The zero-order valence-electron chi connectivity index (χ0n) is 9.75. The van der Waals surface area contributed by atoms with Crippen LogP contribution in [0.25, 0.3) is 10.2 Å². The summed E-state index contributed by atoms with van der Waals surface area (Å²) in [6, 6.07) is 4.92. The number of fused-ring (bicyclic) bond motifs is 1. The quantitative estimate of drug-likeness (QED) is 0.576. The molecule has 102 valence electrons. The SMILES string of the molecule is O=C(Nc1ccc2[nH]c(=S)sc2c1)n1c(O)csc1=S. The van der Waals surface area contributed by atoms with E-state index in [2.05, 4.69) is 10.3 Å². The van der Waals surface area contributed by atoms with Crippen molar-refractivity contribution in [1.82, 2.24) is 9.55 Å². The Labute approximate surface area is 131 Å². The van der Waals surface area contributed by atoms with Crippen LogP contribution in [0, 0.1) is 7.91 Å².